The highest BCUT2D eigenvalue weighted by Gasteiger charge is 2.21. The number of hydrogen-bond donors (Lipinski definition) is 2. The Balaban J connectivity index is 1.75. The number of hydrogen-bond acceptors (Lipinski definition) is 5. The molecule has 0 saturated heterocycles. The van der Waals surface area contributed by atoms with Crippen molar-refractivity contribution >= 4 is 6.01 Å². The monoisotopic (exact) mass is 218 g/mol. The normalized spacial score (nSPS) is 15.9. The molecule has 2 N–H and O–H groups in total. The van der Waals surface area contributed by atoms with E-state index >= 15 is 0 Å². The van der Waals surface area contributed by atoms with E-state index in [2.05, 4.69) is 20.8 Å². The summed E-state index contributed by atoms with van der Waals surface area (Å²) in [6.07, 6.45) is -0.0835. The zero-order chi connectivity index (χ0) is 10.7. The zero-order valence-corrected chi connectivity index (χ0v) is 8.04. The number of anilines is 1. The van der Waals surface area contributed by atoms with E-state index in [9.17, 15) is 8.78 Å². The van der Waals surface area contributed by atoms with Gasteiger partial charge in [0.15, 0.2) is 0 Å². The quantitative estimate of drug-likeness (QED) is 0.745. The van der Waals surface area contributed by atoms with Gasteiger partial charge in [-0.25, -0.2) is 8.78 Å². The maximum atomic E-state index is 11.8. The lowest BCUT2D eigenvalue weighted by Gasteiger charge is -1.98. The van der Waals surface area contributed by atoms with Crippen LogP contribution in [0, 0.1) is 0 Å². The van der Waals surface area contributed by atoms with E-state index in [4.69, 9.17) is 4.42 Å². The Bertz CT molecular complexity index is 293. The topological polar surface area (TPSA) is 63.0 Å². The SMILES string of the molecule is FC(F)CNc1nnc(CNC2CC2)o1. The van der Waals surface area contributed by atoms with Crippen molar-refractivity contribution < 1.29 is 13.2 Å². The van der Waals surface area contributed by atoms with Crippen molar-refractivity contribution in [2.24, 2.45) is 0 Å². The summed E-state index contributed by atoms with van der Waals surface area (Å²) < 4.78 is 28.7. The van der Waals surface area contributed by atoms with Crippen molar-refractivity contribution in [1.29, 1.82) is 0 Å². The number of aromatic nitrogens is 2. The van der Waals surface area contributed by atoms with E-state index in [1.54, 1.807) is 0 Å². The van der Waals surface area contributed by atoms with E-state index in [1.807, 2.05) is 0 Å². The molecule has 1 aliphatic rings. The molecule has 1 saturated carbocycles. The molecule has 0 aliphatic heterocycles. The summed E-state index contributed by atoms with van der Waals surface area (Å²) in [7, 11) is 0. The van der Waals surface area contributed by atoms with Crippen molar-refractivity contribution in [2.45, 2.75) is 31.9 Å². The van der Waals surface area contributed by atoms with E-state index in [0.29, 0.717) is 18.5 Å². The molecule has 0 bridgehead atoms. The van der Waals surface area contributed by atoms with Gasteiger partial charge in [0.2, 0.25) is 5.89 Å². The molecule has 1 aromatic heterocycles. The highest BCUT2D eigenvalue weighted by Crippen LogP contribution is 2.19. The van der Waals surface area contributed by atoms with Crippen LogP contribution in [0.2, 0.25) is 0 Å². The molecule has 0 radical (unpaired) electrons. The van der Waals surface area contributed by atoms with Gasteiger partial charge >= 0.3 is 6.01 Å². The van der Waals surface area contributed by atoms with Crippen LogP contribution in [-0.4, -0.2) is 29.2 Å². The number of halogens is 2. The fourth-order valence-electron chi connectivity index (χ4n) is 1.08. The maximum absolute atomic E-state index is 11.8. The van der Waals surface area contributed by atoms with Gasteiger partial charge in [-0.05, 0) is 12.8 Å². The highest BCUT2D eigenvalue weighted by molar-refractivity contribution is 5.16. The maximum Gasteiger partial charge on any atom is 0.315 e. The van der Waals surface area contributed by atoms with Gasteiger partial charge < -0.3 is 15.1 Å². The standard InChI is InChI=1S/C8H12F2N4O/c9-6(10)3-12-8-14-13-7(15-8)4-11-5-1-2-5/h5-6,11H,1-4H2,(H,12,14). The van der Waals surface area contributed by atoms with Crippen LogP contribution in [0.4, 0.5) is 14.8 Å². The van der Waals surface area contributed by atoms with E-state index in [0.717, 1.165) is 0 Å². The molecule has 0 spiro atoms. The first-order chi connectivity index (χ1) is 7.24. The minimum atomic E-state index is -2.43. The summed E-state index contributed by atoms with van der Waals surface area (Å²) in [5, 5.41) is 12.8. The molecule has 0 unspecified atom stereocenters. The van der Waals surface area contributed by atoms with Gasteiger partial charge in [0, 0.05) is 6.04 Å². The molecule has 2 rings (SSSR count). The molecule has 1 aliphatic carbocycles. The summed E-state index contributed by atoms with van der Waals surface area (Å²) in [5.74, 6) is 0.415. The van der Waals surface area contributed by atoms with E-state index < -0.39 is 13.0 Å². The van der Waals surface area contributed by atoms with E-state index in [1.165, 1.54) is 12.8 Å². The first-order valence-electron chi connectivity index (χ1n) is 4.82. The molecular formula is C8H12F2N4O. The molecule has 0 aromatic carbocycles. The predicted molar refractivity (Wildman–Crippen MR) is 48.7 cm³/mol. The van der Waals surface area contributed by atoms with Gasteiger partial charge in [0.25, 0.3) is 6.43 Å². The van der Waals surface area contributed by atoms with Crippen LogP contribution in [0.5, 0.6) is 0 Å². The van der Waals surface area contributed by atoms with Crippen LogP contribution >= 0.6 is 0 Å². The molecular weight excluding hydrogens is 206 g/mol. The molecule has 7 heteroatoms. The van der Waals surface area contributed by atoms with Gasteiger partial charge in [-0.15, -0.1) is 5.10 Å². The van der Waals surface area contributed by atoms with Crippen LogP contribution in [0.25, 0.3) is 0 Å². The predicted octanol–water partition coefficient (Wildman–Crippen LogP) is 0.999. The lowest BCUT2D eigenvalue weighted by molar-refractivity contribution is 0.162. The smallest absolute Gasteiger partial charge is 0.315 e. The van der Waals surface area contributed by atoms with Gasteiger partial charge in [-0.1, -0.05) is 5.10 Å². The number of alkyl halides is 2. The van der Waals surface area contributed by atoms with Crippen molar-refractivity contribution in [1.82, 2.24) is 15.5 Å². The second-order valence-corrected chi connectivity index (χ2v) is 3.43. The van der Waals surface area contributed by atoms with Crippen LogP contribution in [-0.2, 0) is 6.54 Å². The largest absolute Gasteiger partial charge is 0.407 e. The number of nitrogens with one attached hydrogen (secondary N) is 2. The van der Waals surface area contributed by atoms with Crippen molar-refractivity contribution in [2.75, 3.05) is 11.9 Å². The summed E-state index contributed by atoms with van der Waals surface area (Å²) >= 11 is 0. The van der Waals surface area contributed by atoms with Crippen LogP contribution < -0.4 is 10.6 Å². The fourth-order valence-corrected chi connectivity index (χ4v) is 1.08. The van der Waals surface area contributed by atoms with Crippen LogP contribution in [0.3, 0.4) is 0 Å². The first-order valence-corrected chi connectivity index (χ1v) is 4.82. The summed E-state index contributed by atoms with van der Waals surface area (Å²) in [6, 6.07) is 0.595. The Morgan fingerprint density at radius 1 is 1.40 bits per heavy atom. The Morgan fingerprint density at radius 3 is 2.87 bits per heavy atom. The molecule has 1 heterocycles. The molecule has 15 heavy (non-hydrogen) atoms. The van der Waals surface area contributed by atoms with Crippen molar-refractivity contribution in [3.8, 4) is 0 Å². The van der Waals surface area contributed by atoms with Crippen LogP contribution in [0.15, 0.2) is 4.42 Å². The zero-order valence-electron chi connectivity index (χ0n) is 8.04. The molecule has 1 aromatic rings. The van der Waals surface area contributed by atoms with Crippen molar-refractivity contribution in [3.63, 3.8) is 0 Å². The molecule has 5 nitrogen and oxygen atoms in total. The minimum absolute atomic E-state index is 0.0443. The average molecular weight is 218 g/mol. The Hall–Kier alpha value is -1.24. The lowest BCUT2D eigenvalue weighted by Crippen LogP contribution is -2.15. The second-order valence-electron chi connectivity index (χ2n) is 3.43. The first kappa shape index (κ1) is 10.3. The third-order valence-electron chi connectivity index (χ3n) is 1.99. The summed E-state index contributed by atoms with van der Waals surface area (Å²) in [5.41, 5.74) is 0. The van der Waals surface area contributed by atoms with Gasteiger partial charge in [-0.3, -0.25) is 0 Å². The number of nitrogens with zero attached hydrogens (tertiary/aromatic N) is 2. The summed E-state index contributed by atoms with van der Waals surface area (Å²) in [4.78, 5) is 0. The third kappa shape index (κ3) is 3.43. The third-order valence-corrected chi connectivity index (χ3v) is 1.99. The fraction of sp³-hybridized carbons (Fsp3) is 0.750. The Kier molecular flexibility index (Phi) is 3.10. The highest BCUT2D eigenvalue weighted by atomic mass is 19.3. The second kappa shape index (κ2) is 4.52. The molecule has 84 valence electrons. The van der Waals surface area contributed by atoms with Gasteiger partial charge in [0.1, 0.15) is 0 Å². The molecule has 0 amide bonds. The Morgan fingerprint density at radius 2 is 2.20 bits per heavy atom. The van der Waals surface area contributed by atoms with E-state index in [-0.39, 0.29) is 6.01 Å². The summed E-state index contributed by atoms with van der Waals surface area (Å²) in [6.45, 7) is 0.0196. The lowest BCUT2D eigenvalue weighted by atomic mass is 10.6. The van der Waals surface area contributed by atoms with Crippen LogP contribution in [0.1, 0.15) is 18.7 Å². The minimum Gasteiger partial charge on any atom is -0.407 e. The number of rotatable bonds is 6. The Labute approximate surface area is 85.2 Å². The molecule has 1 fully saturated rings. The van der Waals surface area contributed by atoms with Gasteiger partial charge in [0.05, 0.1) is 13.1 Å². The van der Waals surface area contributed by atoms with Gasteiger partial charge in [-0.2, -0.15) is 0 Å². The van der Waals surface area contributed by atoms with Crippen molar-refractivity contribution in [3.05, 3.63) is 5.89 Å². The average Bonchev–Trinajstić information content (AvgIpc) is 2.92. The molecule has 0 atom stereocenters.